The smallest absolute Gasteiger partial charge is 0.208 e. The molecule has 114 valence electrons. The van der Waals surface area contributed by atoms with E-state index in [0.29, 0.717) is 19.0 Å². The molecule has 0 amide bonds. The average molecular weight is 292 g/mol. The first-order chi connectivity index (χ1) is 8.85. The van der Waals surface area contributed by atoms with Gasteiger partial charge in [0.1, 0.15) is 0 Å². The lowest BCUT2D eigenvalue weighted by atomic mass is 10.1. The van der Waals surface area contributed by atoms with Crippen LogP contribution in [0.3, 0.4) is 0 Å². The van der Waals surface area contributed by atoms with Gasteiger partial charge >= 0.3 is 0 Å². The lowest BCUT2D eigenvalue weighted by molar-refractivity contribution is 0.560. The minimum Gasteiger partial charge on any atom is -0.357 e. The number of aliphatic imine (C=N–C) groups is 1. The second-order valence-corrected chi connectivity index (χ2v) is 6.72. The molecule has 0 aliphatic heterocycles. The number of hydrogen-bond donors (Lipinski definition) is 3. The van der Waals surface area contributed by atoms with Crippen molar-refractivity contribution in [2.24, 2.45) is 10.9 Å². The summed E-state index contributed by atoms with van der Waals surface area (Å²) in [6.45, 7) is 8.84. The summed E-state index contributed by atoms with van der Waals surface area (Å²) < 4.78 is 24.2. The van der Waals surface area contributed by atoms with Crippen LogP contribution in [0.5, 0.6) is 0 Å². The largest absolute Gasteiger partial charge is 0.357 e. The highest BCUT2D eigenvalue weighted by atomic mass is 32.2. The van der Waals surface area contributed by atoms with Crippen LogP contribution in [0.2, 0.25) is 0 Å². The van der Waals surface area contributed by atoms with E-state index < -0.39 is 10.0 Å². The maximum absolute atomic E-state index is 10.9. The molecule has 0 unspecified atom stereocenters. The van der Waals surface area contributed by atoms with E-state index in [-0.39, 0.29) is 0 Å². The zero-order valence-electron chi connectivity index (χ0n) is 12.5. The van der Waals surface area contributed by atoms with Gasteiger partial charge < -0.3 is 10.6 Å². The van der Waals surface area contributed by atoms with Crippen molar-refractivity contribution in [1.29, 1.82) is 0 Å². The Labute approximate surface area is 117 Å². The van der Waals surface area contributed by atoms with Crippen molar-refractivity contribution >= 4 is 16.0 Å². The maximum Gasteiger partial charge on any atom is 0.208 e. The molecule has 0 aliphatic carbocycles. The zero-order chi connectivity index (χ0) is 14.7. The van der Waals surface area contributed by atoms with Crippen LogP contribution in [0.1, 0.15) is 33.6 Å². The first-order valence-corrected chi connectivity index (χ1v) is 8.71. The van der Waals surface area contributed by atoms with E-state index in [1.165, 1.54) is 6.42 Å². The Morgan fingerprint density at radius 2 is 1.89 bits per heavy atom. The van der Waals surface area contributed by atoms with Crippen LogP contribution in [0, 0.1) is 5.92 Å². The Morgan fingerprint density at radius 1 is 1.21 bits per heavy atom. The summed E-state index contributed by atoms with van der Waals surface area (Å²) in [5.41, 5.74) is 0. The van der Waals surface area contributed by atoms with Crippen LogP contribution in [0.15, 0.2) is 4.99 Å². The Hall–Kier alpha value is -0.820. The van der Waals surface area contributed by atoms with E-state index >= 15 is 0 Å². The van der Waals surface area contributed by atoms with Crippen LogP contribution < -0.4 is 15.4 Å². The van der Waals surface area contributed by atoms with Crippen LogP contribution in [0.4, 0.5) is 0 Å². The molecule has 3 N–H and O–H groups in total. The molecule has 0 atom stereocenters. The van der Waals surface area contributed by atoms with Gasteiger partial charge in [-0.1, -0.05) is 13.8 Å². The molecule has 0 fully saturated rings. The highest BCUT2D eigenvalue weighted by molar-refractivity contribution is 7.88. The standard InChI is InChI=1S/C12H28N4O2S/c1-5-13-12(14-8-6-7-11(2)3)15-9-10-16-19(4,17)18/h11,16H,5-10H2,1-4H3,(H2,13,14,15). The van der Waals surface area contributed by atoms with Crippen molar-refractivity contribution in [3.05, 3.63) is 0 Å². The Balaban J connectivity index is 3.93. The van der Waals surface area contributed by atoms with Gasteiger partial charge in [0.15, 0.2) is 5.96 Å². The van der Waals surface area contributed by atoms with Crippen molar-refractivity contribution in [3.63, 3.8) is 0 Å². The molecule has 6 nitrogen and oxygen atoms in total. The molecule has 19 heavy (non-hydrogen) atoms. The van der Waals surface area contributed by atoms with Crippen molar-refractivity contribution in [2.45, 2.75) is 33.6 Å². The highest BCUT2D eigenvalue weighted by Gasteiger charge is 2.00. The van der Waals surface area contributed by atoms with E-state index in [9.17, 15) is 8.42 Å². The molecule has 0 aliphatic rings. The Morgan fingerprint density at radius 3 is 2.42 bits per heavy atom. The summed E-state index contributed by atoms with van der Waals surface area (Å²) in [5.74, 6) is 1.44. The monoisotopic (exact) mass is 292 g/mol. The van der Waals surface area contributed by atoms with Gasteiger partial charge in [0, 0.05) is 26.2 Å². The minimum atomic E-state index is -3.12. The predicted octanol–water partition coefficient (Wildman–Crippen LogP) is 0.527. The summed E-state index contributed by atoms with van der Waals surface area (Å²) in [7, 11) is -3.12. The Kier molecular flexibility index (Phi) is 9.59. The van der Waals surface area contributed by atoms with Gasteiger partial charge in [-0.15, -0.1) is 0 Å². The first-order valence-electron chi connectivity index (χ1n) is 6.82. The van der Waals surface area contributed by atoms with Gasteiger partial charge in [0.25, 0.3) is 0 Å². The summed E-state index contributed by atoms with van der Waals surface area (Å²) in [5, 5.41) is 6.22. The quantitative estimate of drug-likeness (QED) is 0.329. The summed E-state index contributed by atoms with van der Waals surface area (Å²) in [4.78, 5) is 4.44. The molecular formula is C12H28N4O2S. The fourth-order valence-electron chi connectivity index (χ4n) is 1.45. The van der Waals surface area contributed by atoms with Gasteiger partial charge in [0.2, 0.25) is 10.0 Å². The average Bonchev–Trinajstić information content (AvgIpc) is 2.28. The third kappa shape index (κ3) is 13.4. The van der Waals surface area contributed by atoms with E-state index in [1.54, 1.807) is 0 Å². The highest BCUT2D eigenvalue weighted by Crippen LogP contribution is 2.02. The third-order valence-corrected chi connectivity index (χ3v) is 3.06. The number of rotatable bonds is 9. The second kappa shape index (κ2) is 10.0. The van der Waals surface area contributed by atoms with Crippen molar-refractivity contribution in [1.82, 2.24) is 15.4 Å². The van der Waals surface area contributed by atoms with Crippen molar-refractivity contribution < 1.29 is 8.42 Å². The van der Waals surface area contributed by atoms with E-state index in [0.717, 1.165) is 31.7 Å². The van der Waals surface area contributed by atoms with Gasteiger partial charge in [-0.25, -0.2) is 13.1 Å². The number of nitrogens with zero attached hydrogens (tertiary/aromatic N) is 1. The molecule has 0 aromatic rings. The van der Waals surface area contributed by atoms with Crippen LogP contribution in [0.25, 0.3) is 0 Å². The number of guanidine groups is 1. The van der Waals surface area contributed by atoms with Crippen LogP contribution in [-0.4, -0.2) is 46.8 Å². The lowest BCUT2D eigenvalue weighted by Gasteiger charge is -2.11. The topological polar surface area (TPSA) is 82.6 Å². The normalized spacial score (nSPS) is 12.8. The van der Waals surface area contributed by atoms with E-state index in [2.05, 4.69) is 34.2 Å². The molecule has 0 radical (unpaired) electrons. The molecule has 0 saturated carbocycles. The van der Waals surface area contributed by atoms with Crippen molar-refractivity contribution in [2.75, 3.05) is 32.4 Å². The molecule has 0 saturated heterocycles. The van der Waals surface area contributed by atoms with Crippen molar-refractivity contribution in [3.8, 4) is 0 Å². The van der Waals surface area contributed by atoms with Gasteiger partial charge in [-0.05, 0) is 25.7 Å². The van der Waals surface area contributed by atoms with E-state index in [4.69, 9.17) is 0 Å². The number of hydrogen-bond acceptors (Lipinski definition) is 3. The van der Waals surface area contributed by atoms with Crippen LogP contribution in [-0.2, 0) is 10.0 Å². The van der Waals surface area contributed by atoms with Gasteiger partial charge in [0.05, 0.1) is 6.26 Å². The molecule has 0 rings (SSSR count). The number of sulfonamides is 1. The third-order valence-electron chi connectivity index (χ3n) is 2.34. The fourth-order valence-corrected chi connectivity index (χ4v) is 1.92. The molecule has 0 bridgehead atoms. The van der Waals surface area contributed by atoms with Crippen LogP contribution >= 0.6 is 0 Å². The molecule has 0 aromatic heterocycles. The SMILES string of the molecule is CCNC(=NCCCC(C)C)NCCNS(C)(=O)=O. The summed E-state index contributed by atoms with van der Waals surface area (Å²) in [6.07, 6.45) is 3.38. The zero-order valence-corrected chi connectivity index (χ0v) is 13.3. The second-order valence-electron chi connectivity index (χ2n) is 4.89. The number of nitrogens with one attached hydrogen (secondary N) is 3. The summed E-state index contributed by atoms with van der Waals surface area (Å²) >= 11 is 0. The maximum atomic E-state index is 10.9. The summed E-state index contributed by atoms with van der Waals surface area (Å²) in [6, 6.07) is 0. The fraction of sp³-hybridized carbons (Fsp3) is 0.917. The molecule has 0 spiro atoms. The molecule has 0 heterocycles. The molecule has 0 aromatic carbocycles. The molecular weight excluding hydrogens is 264 g/mol. The Bertz CT molecular complexity index is 353. The first kappa shape index (κ1) is 18.2. The van der Waals surface area contributed by atoms with Gasteiger partial charge in [-0.3, -0.25) is 4.99 Å². The minimum absolute atomic E-state index is 0.356. The molecule has 7 heteroatoms. The predicted molar refractivity (Wildman–Crippen MR) is 80.9 cm³/mol. The van der Waals surface area contributed by atoms with E-state index in [1.807, 2.05) is 6.92 Å². The van der Waals surface area contributed by atoms with Gasteiger partial charge in [-0.2, -0.15) is 0 Å². The lowest BCUT2D eigenvalue weighted by Crippen LogP contribution is -2.41.